The van der Waals surface area contributed by atoms with Crippen LogP contribution < -0.4 is 16.0 Å². The first kappa shape index (κ1) is 28.4. The van der Waals surface area contributed by atoms with Gasteiger partial charge in [-0.15, -0.1) is 0 Å². The summed E-state index contributed by atoms with van der Waals surface area (Å²) in [6.45, 7) is 4.60. The number of nitrogens with zero attached hydrogens (tertiary/aromatic N) is 1. The first-order valence-electron chi connectivity index (χ1n) is 12.5. The monoisotopic (exact) mass is 521 g/mol. The Bertz CT molecular complexity index is 1100. The fraction of sp³-hybridized carbons (Fsp3) is 0.500. The number of allylic oxidation sites excluding steroid dienone is 1. The Morgan fingerprint density at radius 3 is 2.54 bits per heavy atom. The Labute approximate surface area is 214 Å². The van der Waals surface area contributed by atoms with E-state index in [-0.39, 0.29) is 23.9 Å². The van der Waals surface area contributed by atoms with Crippen LogP contribution in [0.15, 0.2) is 41.4 Å². The highest BCUT2D eigenvalue weighted by Crippen LogP contribution is 2.33. The molecule has 0 radical (unpaired) electrons. The normalized spacial score (nSPS) is 22.0. The highest BCUT2D eigenvalue weighted by Gasteiger charge is 2.45. The molecular weight excluding hydrogens is 486 g/mol. The van der Waals surface area contributed by atoms with Crippen molar-refractivity contribution in [1.29, 1.82) is 0 Å². The molecule has 3 rings (SSSR count). The second kappa shape index (κ2) is 12.4. The van der Waals surface area contributed by atoms with Crippen molar-refractivity contribution in [1.82, 2.24) is 15.5 Å². The van der Waals surface area contributed by atoms with E-state index in [2.05, 4.69) is 17.6 Å². The molecule has 2 aliphatic rings. The number of Topliss-reactive ketones (excluding diaryl/α,β-unsaturated/α-hetero) is 1. The van der Waals surface area contributed by atoms with E-state index in [4.69, 9.17) is 4.74 Å². The number of aliphatic hydroxyl groups excluding tert-OH is 1. The van der Waals surface area contributed by atoms with Crippen LogP contribution in [0.1, 0.15) is 51.5 Å². The van der Waals surface area contributed by atoms with Crippen molar-refractivity contribution >= 4 is 17.6 Å². The zero-order valence-electron chi connectivity index (χ0n) is 21.4. The summed E-state index contributed by atoms with van der Waals surface area (Å²) in [6, 6.07) is 2.93. The maximum absolute atomic E-state index is 13.8. The number of carbonyl (C=O) groups excluding carboxylic acids is 3. The largest absolute Gasteiger partial charge is 0.500 e. The third-order valence-corrected chi connectivity index (χ3v) is 6.92. The highest BCUT2D eigenvalue weighted by molar-refractivity contribution is 6.26. The van der Waals surface area contributed by atoms with Gasteiger partial charge in [-0.25, -0.2) is 8.78 Å². The molecule has 9 nitrogen and oxygen atoms in total. The fourth-order valence-corrected chi connectivity index (χ4v) is 4.82. The fourth-order valence-electron chi connectivity index (χ4n) is 4.82. The van der Waals surface area contributed by atoms with E-state index in [9.17, 15) is 28.3 Å². The van der Waals surface area contributed by atoms with Crippen LogP contribution in [0.2, 0.25) is 0 Å². The summed E-state index contributed by atoms with van der Waals surface area (Å²) in [5.41, 5.74) is -1.23. The smallest absolute Gasteiger partial charge is 0.313 e. The van der Waals surface area contributed by atoms with Gasteiger partial charge in [0, 0.05) is 31.3 Å². The standard InChI is InChI=1S/C26H34F2N4O5/c1-4-12-37-18-8-10-26(29-3,11-9-18)32(5-2)25(36)21-23(34)22(33)19(15-30-21)24(35)31-14-16-6-7-17(27)13-20(16)28/h6-7,13,15,18,29,34H,4-5,8-12,14H2,1-3H3,(H,30,33)(H,31,35)/p+1. The molecule has 1 saturated carbocycles. The number of ketones is 1. The molecule has 0 saturated heterocycles. The number of aliphatic hydroxyl groups is 1. The summed E-state index contributed by atoms with van der Waals surface area (Å²) < 4.78 is 32.8. The van der Waals surface area contributed by atoms with Crippen LogP contribution >= 0.6 is 0 Å². The molecule has 1 heterocycles. The molecule has 0 unspecified atom stereocenters. The molecule has 1 fully saturated rings. The van der Waals surface area contributed by atoms with Crippen molar-refractivity contribution < 1.29 is 38.3 Å². The molecule has 0 spiro atoms. The molecule has 0 aromatic heterocycles. The first-order chi connectivity index (χ1) is 17.7. The van der Waals surface area contributed by atoms with Gasteiger partial charge in [0.1, 0.15) is 23.4 Å². The van der Waals surface area contributed by atoms with Crippen molar-refractivity contribution in [3.05, 3.63) is 58.6 Å². The third kappa shape index (κ3) is 6.23. The molecule has 2 amide bonds. The Morgan fingerprint density at radius 1 is 1.24 bits per heavy atom. The Kier molecular flexibility index (Phi) is 9.52. The number of carbonyl (C=O) groups is 3. The van der Waals surface area contributed by atoms with E-state index in [0.717, 1.165) is 25.3 Å². The zero-order valence-corrected chi connectivity index (χ0v) is 21.4. The summed E-state index contributed by atoms with van der Waals surface area (Å²) in [5.74, 6) is -4.80. The average Bonchev–Trinajstić information content (AvgIpc) is 2.89. The number of hydrogen-bond donors (Lipinski definition) is 4. The lowest BCUT2D eigenvalue weighted by atomic mass is 9.85. The van der Waals surface area contributed by atoms with Gasteiger partial charge in [-0.1, -0.05) is 13.0 Å². The lowest BCUT2D eigenvalue weighted by Gasteiger charge is -2.47. The molecule has 1 aliphatic heterocycles. The van der Waals surface area contributed by atoms with Gasteiger partial charge < -0.3 is 20.1 Å². The maximum atomic E-state index is 13.8. The van der Waals surface area contributed by atoms with E-state index < -0.39 is 46.2 Å². The third-order valence-electron chi connectivity index (χ3n) is 6.92. The number of amides is 2. The molecule has 37 heavy (non-hydrogen) atoms. The van der Waals surface area contributed by atoms with Gasteiger partial charge in [0.2, 0.25) is 17.2 Å². The number of ether oxygens (including phenoxy) is 1. The van der Waals surface area contributed by atoms with Crippen LogP contribution in [0.25, 0.3) is 0 Å². The number of rotatable bonds is 10. The number of nitrogens with one attached hydrogen (secondary N) is 2. The number of likely N-dealkylation sites (N-methyl/N-ethyl adjacent to an activating group) is 1. The van der Waals surface area contributed by atoms with Gasteiger partial charge in [0.05, 0.1) is 11.8 Å². The molecule has 11 heteroatoms. The Hall–Kier alpha value is -3.15. The van der Waals surface area contributed by atoms with Crippen molar-refractivity contribution in [3.63, 3.8) is 0 Å². The second-order valence-electron chi connectivity index (χ2n) is 9.16. The number of benzene rings is 1. The second-order valence-corrected chi connectivity index (χ2v) is 9.16. The average molecular weight is 522 g/mol. The first-order valence-corrected chi connectivity index (χ1v) is 12.5. The predicted molar refractivity (Wildman–Crippen MR) is 131 cm³/mol. The van der Waals surface area contributed by atoms with Crippen molar-refractivity contribution in [3.8, 4) is 0 Å². The number of quaternary nitrogens is 1. The quantitative estimate of drug-likeness (QED) is 0.273. The van der Waals surface area contributed by atoms with Crippen molar-refractivity contribution in [2.75, 3.05) is 20.2 Å². The highest BCUT2D eigenvalue weighted by atomic mass is 19.1. The molecular formula is C26H35F2N4O5+. The summed E-state index contributed by atoms with van der Waals surface area (Å²) in [5, 5.41) is 17.5. The predicted octanol–water partition coefficient (Wildman–Crippen LogP) is 1.51. The van der Waals surface area contributed by atoms with E-state index in [1.807, 2.05) is 6.92 Å². The maximum Gasteiger partial charge on any atom is 0.313 e. The lowest BCUT2D eigenvalue weighted by molar-refractivity contribution is -0.533. The minimum atomic E-state index is -1.01. The van der Waals surface area contributed by atoms with Gasteiger partial charge in [-0.05, 0) is 52.1 Å². The minimum Gasteiger partial charge on any atom is -0.500 e. The molecule has 1 aromatic rings. The number of halogens is 2. The van der Waals surface area contributed by atoms with Crippen LogP contribution in [0.3, 0.4) is 0 Å². The van der Waals surface area contributed by atoms with Crippen LogP contribution in [0, 0.1) is 11.6 Å². The number of hydrogen-bond acceptors (Lipinski definition) is 6. The number of nitrogens with two attached hydrogens (primary N) is 1. The van der Waals surface area contributed by atoms with Crippen LogP contribution in [-0.2, 0) is 25.7 Å². The Balaban J connectivity index is 1.70. The van der Waals surface area contributed by atoms with Gasteiger partial charge in [0.25, 0.3) is 5.91 Å². The summed E-state index contributed by atoms with van der Waals surface area (Å²) in [6.07, 6.45) is 5.03. The van der Waals surface area contributed by atoms with Gasteiger partial charge in [-0.3, -0.25) is 25.0 Å². The SMILES string of the molecule is CCCOC1CCC(NC)(N(CC)C(=O)C2=C(O)C(=O)C(C(=O)NCc3ccc(F)cc3F)=C[NH2+]2)CC1. The molecule has 202 valence electrons. The van der Waals surface area contributed by atoms with Gasteiger partial charge in [-0.2, -0.15) is 0 Å². The molecule has 0 atom stereocenters. The van der Waals surface area contributed by atoms with E-state index in [1.165, 1.54) is 17.6 Å². The summed E-state index contributed by atoms with van der Waals surface area (Å²) in [4.78, 5) is 40.5. The van der Waals surface area contributed by atoms with Gasteiger partial charge >= 0.3 is 5.91 Å². The summed E-state index contributed by atoms with van der Waals surface area (Å²) >= 11 is 0. The lowest BCUT2D eigenvalue weighted by Crippen LogP contribution is -2.82. The van der Waals surface area contributed by atoms with Gasteiger partial charge in [0.15, 0.2) is 0 Å². The topological polar surface area (TPSA) is 125 Å². The molecule has 5 N–H and O–H groups in total. The van der Waals surface area contributed by atoms with Crippen LogP contribution in [0.4, 0.5) is 8.78 Å². The van der Waals surface area contributed by atoms with Crippen LogP contribution in [0.5, 0.6) is 0 Å². The zero-order chi connectivity index (χ0) is 27.2. The molecule has 0 bridgehead atoms. The van der Waals surface area contributed by atoms with Crippen molar-refractivity contribution in [2.45, 2.75) is 64.3 Å². The van der Waals surface area contributed by atoms with E-state index in [1.54, 1.807) is 11.9 Å². The van der Waals surface area contributed by atoms with E-state index >= 15 is 0 Å². The van der Waals surface area contributed by atoms with Crippen LogP contribution in [-0.4, -0.2) is 59.6 Å². The van der Waals surface area contributed by atoms with E-state index in [0.29, 0.717) is 32.1 Å². The Morgan fingerprint density at radius 2 is 1.95 bits per heavy atom. The molecule has 1 aliphatic carbocycles. The van der Waals surface area contributed by atoms with Crippen molar-refractivity contribution in [2.24, 2.45) is 0 Å². The summed E-state index contributed by atoms with van der Waals surface area (Å²) in [7, 11) is 1.78. The molecule has 1 aromatic carbocycles. The minimum absolute atomic E-state index is 0.0315.